The van der Waals surface area contributed by atoms with Gasteiger partial charge in [-0.15, -0.1) is 0 Å². The number of carbonyl (C=O) groups is 1. The van der Waals surface area contributed by atoms with Gasteiger partial charge in [0.25, 0.3) is 15.0 Å². The first kappa shape index (κ1) is 24.9. The van der Waals surface area contributed by atoms with Crippen LogP contribution < -0.4 is 9.62 Å². The van der Waals surface area contributed by atoms with E-state index in [9.17, 15) is 30.4 Å². The highest BCUT2D eigenvalue weighted by Crippen LogP contribution is 2.52. The minimum Gasteiger partial charge on any atom is -0.307 e. The fourth-order valence-corrected chi connectivity index (χ4v) is 6.29. The van der Waals surface area contributed by atoms with Crippen LogP contribution in [0.2, 0.25) is 0 Å². The zero-order chi connectivity index (χ0) is 24.9. The Bertz CT molecular complexity index is 1340. The van der Waals surface area contributed by atoms with Crippen LogP contribution in [0.1, 0.15) is 41.6 Å². The summed E-state index contributed by atoms with van der Waals surface area (Å²) in [7, 11) is -2.16. The number of hydrogen-bond acceptors (Lipinski definition) is 5. The molecule has 34 heavy (non-hydrogen) atoms. The van der Waals surface area contributed by atoms with Crippen LogP contribution in [0.4, 0.5) is 20.2 Å². The molecule has 0 aromatic heterocycles. The first-order valence-electron chi connectivity index (χ1n) is 10.6. The van der Waals surface area contributed by atoms with E-state index in [4.69, 9.17) is 10.7 Å². The van der Waals surface area contributed by atoms with Crippen molar-refractivity contribution in [2.75, 3.05) is 22.4 Å². The molecule has 2 aliphatic rings. The van der Waals surface area contributed by atoms with Crippen molar-refractivity contribution < 1.29 is 30.4 Å². The first-order valence-corrected chi connectivity index (χ1v) is 14.8. The molecule has 0 unspecified atom stereocenters. The zero-order valence-electron chi connectivity index (χ0n) is 18.2. The maximum Gasteiger partial charge on any atom is 0.261 e. The standard InChI is InChI=1S/C22H23ClF2N2O5S2/c1-33(29,30)26-16-5-6-19-18(12-16)22(9-7-14(8-10-22)20(24)25)13-27(19)21(28)15-3-2-4-17(11-15)34(23,31)32/h2-6,11-12,14,20,26H,7-10,13H2,1H3. The van der Waals surface area contributed by atoms with Gasteiger partial charge in [-0.25, -0.2) is 25.6 Å². The van der Waals surface area contributed by atoms with Gasteiger partial charge in [0.1, 0.15) is 0 Å². The van der Waals surface area contributed by atoms with E-state index < -0.39 is 42.7 Å². The van der Waals surface area contributed by atoms with Crippen molar-refractivity contribution in [1.29, 1.82) is 0 Å². The lowest BCUT2D eigenvalue weighted by Gasteiger charge is -2.37. The molecule has 2 aromatic rings. The second-order valence-corrected chi connectivity index (χ2v) is 13.2. The van der Waals surface area contributed by atoms with E-state index in [-0.39, 0.29) is 29.8 Å². The van der Waals surface area contributed by atoms with Gasteiger partial charge in [-0.05, 0) is 67.6 Å². The summed E-state index contributed by atoms with van der Waals surface area (Å²) >= 11 is 0. The van der Waals surface area contributed by atoms with E-state index in [1.54, 1.807) is 12.1 Å². The zero-order valence-corrected chi connectivity index (χ0v) is 20.6. The molecule has 12 heteroatoms. The van der Waals surface area contributed by atoms with Gasteiger partial charge in [0.15, 0.2) is 0 Å². The maximum atomic E-state index is 13.5. The van der Waals surface area contributed by atoms with Crippen LogP contribution in [0, 0.1) is 5.92 Å². The fourth-order valence-electron chi connectivity index (χ4n) is 4.94. The number of nitrogens with zero attached hydrogens (tertiary/aromatic N) is 1. The summed E-state index contributed by atoms with van der Waals surface area (Å²) in [6.45, 7) is 0.220. The number of halogens is 3. The molecule has 7 nitrogen and oxygen atoms in total. The number of amides is 1. The number of hydrogen-bond donors (Lipinski definition) is 1. The predicted octanol–water partition coefficient (Wildman–Crippen LogP) is 4.34. The average Bonchev–Trinajstić information content (AvgIpc) is 3.05. The van der Waals surface area contributed by atoms with Gasteiger partial charge in [-0.3, -0.25) is 9.52 Å². The number of nitrogens with one attached hydrogen (secondary N) is 1. The fraction of sp³-hybridized carbons (Fsp3) is 0.409. The lowest BCUT2D eigenvalue weighted by Crippen LogP contribution is -2.40. The van der Waals surface area contributed by atoms with Crippen LogP contribution in [0.3, 0.4) is 0 Å². The van der Waals surface area contributed by atoms with Crippen molar-refractivity contribution in [3.63, 3.8) is 0 Å². The van der Waals surface area contributed by atoms with Gasteiger partial charge < -0.3 is 4.90 Å². The Kier molecular flexibility index (Phi) is 6.41. The Morgan fingerprint density at radius 3 is 2.38 bits per heavy atom. The topological polar surface area (TPSA) is 101 Å². The molecular weight excluding hydrogens is 510 g/mol. The highest BCUT2D eigenvalue weighted by molar-refractivity contribution is 8.13. The third-order valence-electron chi connectivity index (χ3n) is 6.57. The van der Waals surface area contributed by atoms with Crippen molar-refractivity contribution in [3.05, 3.63) is 53.6 Å². The van der Waals surface area contributed by atoms with Crippen molar-refractivity contribution >= 4 is 47.0 Å². The Balaban J connectivity index is 1.75. The van der Waals surface area contributed by atoms with Gasteiger partial charge in [-0.2, -0.15) is 0 Å². The summed E-state index contributed by atoms with van der Waals surface area (Å²) in [5.41, 5.74) is 1.08. The summed E-state index contributed by atoms with van der Waals surface area (Å²) < 4.78 is 76.0. The molecule has 0 saturated heterocycles. The predicted molar refractivity (Wildman–Crippen MR) is 126 cm³/mol. The molecule has 1 amide bonds. The van der Waals surface area contributed by atoms with Gasteiger partial charge in [0.05, 0.1) is 11.2 Å². The molecule has 0 atom stereocenters. The second-order valence-electron chi connectivity index (χ2n) is 8.92. The SMILES string of the molecule is CS(=O)(=O)Nc1ccc2c(c1)C1(CCC(C(F)F)CC1)CN2C(=O)c1cccc(S(=O)(=O)Cl)c1. The molecule has 184 valence electrons. The number of carbonyl (C=O) groups excluding carboxylic acids is 1. The highest BCUT2D eigenvalue weighted by atomic mass is 35.7. The Morgan fingerprint density at radius 2 is 1.79 bits per heavy atom. The van der Waals surface area contributed by atoms with Gasteiger partial charge in [-0.1, -0.05) is 6.07 Å². The first-order chi connectivity index (χ1) is 15.8. The summed E-state index contributed by atoms with van der Waals surface area (Å²) in [6, 6.07) is 10.2. The summed E-state index contributed by atoms with van der Waals surface area (Å²) in [6.07, 6.45) is -0.00743. The number of sulfonamides is 1. The van der Waals surface area contributed by atoms with Crippen molar-refractivity contribution in [2.45, 2.75) is 42.4 Å². The lowest BCUT2D eigenvalue weighted by molar-refractivity contribution is 0.0423. The monoisotopic (exact) mass is 532 g/mol. The normalized spacial score (nSPS) is 22.7. The number of anilines is 2. The Labute approximate surface area is 201 Å². The number of benzene rings is 2. The van der Waals surface area contributed by atoms with Gasteiger partial charge >= 0.3 is 0 Å². The molecule has 1 heterocycles. The van der Waals surface area contributed by atoms with E-state index in [1.807, 2.05) is 0 Å². The molecular formula is C22H23ClF2N2O5S2. The molecule has 1 spiro atoms. The van der Waals surface area contributed by atoms with Crippen LogP contribution in [0.5, 0.6) is 0 Å². The Hall–Kier alpha value is -2.24. The third kappa shape index (κ3) is 4.92. The summed E-state index contributed by atoms with van der Waals surface area (Å²) in [5, 5.41) is 0. The molecule has 2 aromatic carbocycles. The maximum absolute atomic E-state index is 13.5. The minimum absolute atomic E-state index is 0.115. The highest BCUT2D eigenvalue weighted by Gasteiger charge is 2.48. The average molecular weight is 533 g/mol. The van der Waals surface area contributed by atoms with Crippen molar-refractivity contribution in [1.82, 2.24) is 0 Å². The van der Waals surface area contributed by atoms with E-state index in [0.717, 1.165) is 6.26 Å². The molecule has 4 rings (SSSR count). The molecule has 1 N–H and O–H groups in total. The summed E-state index contributed by atoms with van der Waals surface area (Å²) in [4.78, 5) is 14.8. The number of fused-ring (bicyclic) bond motifs is 2. The van der Waals surface area contributed by atoms with Gasteiger partial charge in [0.2, 0.25) is 16.4 Å². The quantitative estimate of drug-likeness (QED) is 0.577. The van der Waals surface area contributed by atoms with E-state index in [1.165, 1.54) is 35.2 Å². The van der Waals surface area contributed by atoms with Crippen LogP contribution in [0.25, 0.3) is 0 Å². The summed E-state index contributed by atoms with van der Waals surface area (Å²) in [5.74, 6) is -1.18. The molecule has 1 aliphatic heterocycles. The van der Waals surface area contributed by atoms with Crippen LogP contribution in [-0.4, -0.2) is 42.0 Å². The molecule has 0 bridgehead atoms. The third-order valence-corrected chi connectivity index (χ3v) is 8.53. The smallest absolute Gasteiger partial charge is 0.261 e. The minimum atomic E-state index is -4.04. The van der Waals surface area contributed by atoms with E-state index >= 15 is 0 Å². The molecule has 1 saturated carbocycles. The largest absolute Gasteiger partial charge is 0.307 e. The lowest BCUT2D eigenvalue weighted by atomic mass is 9.67. The second kappa shape index (κ2) is 8.76. The van der Waals surface area contributed by atoms with Crippen LogP contribution >= 0.6 is 10.7 Å². The van der Waals surface area contributed by atoms with Crippen LogP contribution in [-0.2, 0) is 24.5 Å². The molecule has 1 fully saturated rings. The number of rotatable bonds is 5. The molecule has 1 aliphatic carbocycles. The molecule has 0 radical (unpaired) electrons. The van der Waals surface area contributed by atoms with Crippen molar-refractivity contribution in [2.24, 2.45) is 5.92 Å². The van der Waals surface area contributed by atoms with Crippen LogP contribution in [0.15, 0.2) is 47.4 Å². The van der Waals surface area contributed by atoms with Gasteiger partial charge in [0, 0.05) is 45.5 Å². The Morgan fingerprint density at radius 1 is 1.12 bits per heavy atom. The van der Waals surface area contributed by atoms with E-state index in [0.29, 0.717) is 29.8 Å². The van der Waals surface area contributed by atoms with Crippen molar-refractivity contribution in [3.8, 4) is 0 Å². The van der Waals surface area contributed by atoms with E-state index in [2.05, 4.69) is 4.72 Å². The number of alkyl halides is 2.